The van der Waals surface area contributed by atoms with Crippen molar-refractivity contribution in [2.45, 2.75) is 37.8 Å². The molecule has 0 radical (unpaired) electrons. The summed E-state index contributed by atoms with van der Waals surface area (Å²) in [4.78, 5) is 0. The van der Waals surface area contributed by atoms with Crippen molar-refractivity contribution >= 4 is 6.08 Å². The van der Waals surface area contributed by atoms with Crippen LogP contribution in [0, 0.1) is 17.2 Å². The topological polar surface area (TPSA) is 35.8 Å². The first kappa shape index (κ1) is 30.4. The Morgan fingerprint density at radius 2 is 1.55 bits per heavy atom. The number of hydrogen-bond acceptors (Lipinski definition) is 2. The summed E-state index contributed by atoms with van der Waals surface area (Å²) in [5.41, 5.74) is 4.74. The first-order valence-electron chi connectivity index (χ1n) is 14.1. The molecule has 0 bridgehead atoms. The van der Waals surface area contributed by atoms with Crippen LogP contribution in [0.2, 0.25) is 0 Å². The lowest BCUT2D eigenvalue weighted by molar-refractivity contribution is -0.137. The summed E-state index contributed by atoms with van der Waals surface area (Å²) in [7, 11) is 0. The number of halogens is 3. The molecule has 214 valence electrons. The molecule has 0 aliphatic carbocycles. The highest BCUT2D eigenvalue weighted by atomic mass is 19.4. The maximum Gasteiger partial charge on any atom is 0.417 e. The number of rotatable bonds is 13. The molecule has 2 nitrogen and oxygen atoms in total. The van der Waals surface area contributed by atoms with E-state index >= 15 is 0 Å². The number of alkyl halides is 3. The van der Waals surface area contributed by atoms with Crippen LogP contribution < -0.4 is 5.32 Å². The van der Waals surface area contributed by atoms with E-state index in [9.17, 15) is 18.4 Å². The van der Waals surface area contributed by atoms with Crippen LogP contribution in [0.4, 0.5) is 13.2 Å². The van der Waals surface area contributed by atoms with Crippen LogP contribution in [0.25, 0.3) is 17.2 Å². The number of benzene rings is 4. The highest BCUT2D eigenvalue weighted by molar-refractivity contribution is 5.66. The zero-order valence-electron chi connectivity index (χ0n) is 23.6. The molecular formula is C37H35F3N2. The van der Waals surface area contributed by atoms with Crippen LogP contribution in [-0.4, -0.2) is 6.54 Å². The van der Waals surface area contributed by atoms with E-state index in [-0.39, 0.29) is 17.4 Å². The van der Waals surface area contributed by atoms with Gasteiger partial charge in [-0.1, -0.05) is 104 Å². The SMILES string of the molecule is C=CNCCC(CCc1ccccc1)C(Cc1cccc(-c2ccc(C=C)cc2)c1)c1ccc(C#N)c(C(F)(F)F)c1. The zero-order valence-corrected chi connectivity index (χ0v) is 23.6. The fourth-order valence-electron chi connectivity index (χ4n) is 5.54. The van der Waals surface area contributed by atoms with Crippen LogP contribution in [0.3, 0.4) is 0 Å². The molecule has 2 unspecified atom stereocenters. The third-order valence-corrected chi connectivity index (χ3v) is 7.78. The molecule has 4 aromatic rings. The monoisotopic (exact) mass is 564 g/mol. The highest BCUT2D eigenvalue weighted by Crippen LogP contribution is 2.39. The second-order valence-corrected chi connectivity index (χ2v) is 10.5. The Morgan fingerprint density at radius 3 is 2.21 bits per heavy atom. The molecule has 0 heterocycles. The molecule has 0 fully saturated rings. The van der Waals surface area contributed by atoms with E-state index in [0.29, 0.717) is 18.5 Å². The van der Waals surface area contributed by atoms with Gasteiger partial charge < -0.3 is 5.32 Å². The zero-order chi connectivity index (χ0) is 30.0. The lowest BCUT2D eigenvalue weighted by Gasteiger charge is -2.29. The second kappa shape index (κ2) is 14.4. The molecule has 5 heteroatoms. The first-order valence-corrected chi connectivity index (χ1v) is 14.1. The molecule has 1 N–H and O–H groups in total. The van der Waals surface area contributed by atoms with Gasteiger partial charge in [0.05, 0.1) is 17.2 Å². The maximum atomic E-state index is 14.0. The van der Waals surface area contributed by atoms with E-state index in [2.05, 4.69) is 36.7 Å². The molecule has 0 aromatic heterocycles. The fourth-order valence-corrected chi connectivity index (χ4v) is 5.54. The molecule has 2 atom stereocenters. The van der Waals surface area contributed by atoms with E-state index in [0.717, 1.165) is 41.5 Å². The van der Waals surface area contributed by atoms with Crippen molar-refractivity contribution in [3.63, 3.8) is 0 Å². The minimum Gasteiger partial charge on any atom is -0.391 e. The summed E-state index contributed by atoms with van der Waals surface area (Å²) >= 11 is 0. The van der Waals surface area contributed by atoms with Gasteiger partial charge in [-0.2, -0.15) is 18.4 Å². The molecule has 0 aliphatic rings. The van der Waals surface area contributed by atoms with Gasteiger partial charge in [-0.05, 0) is 89.2 Å². The van der Waals surface area contributed by atoms with Gasteiger partial charge in [0.25, 0.3) is 0 Å². The first-order chi connectivity index (χ1) is 20.3. The highest BCUT2D eigenvalue weighted by Gasteiger charge is 2.35. The molecule has 42 heavy (non-hydrogen) atoms. The average Bonchev–Trinajstić information content (AvgIpc) is 3.01. The van der Waals surface area contributed by atoms with Crippen LogP contribution in [-0.2, 0) is 19.0 Å². The van der Waals surface area contributed by atoms with E-state index in [1.165, 1.54) is 17.7 Å². The van der Waals surface area contributed by atoms with Gasteiger partial charge in [-0.15, -0.1) is 0 Å². The number of nitrogens with zero attached hydrogens (tertiary/aromatic N) is 1. The summed E-state index contributed by atoms with van der Waals surface area (Å²) in [5, 5.41) is 12.6. The maximum absolute atomic E-state index is 14.0. The lowest BCUT2D eigenvalue weighted by Crippen LogP contribution is -2.22. The van der Waals surface area contributed by atoms with Crippen molar-refractivity contribution in [2.75, 3.05) is 6.54 Å². The Hall–Kier alpha value is -4.56. The summed E-state index contributed by atoms with van der Waals surface area (Å²) in [6, 6.07) is 32.4. The van der Waals surface area contributed by atoms with E-state index in [1.807, 2.05) is 60.7 Å². The van der Waals surface area contributed by atoms with Crippen molar-refractivity contribution in [1.29, 1.82) is 5.26 Å². The third-order valence-electron chi connectivity index (χ3n) is 7.78. The molecular weight excluding hydrogens is 529 g/mol. The molecule has 4 rings (SSSR count). The van der Waals surface area contributed by atoms with E-state index in [1.54, 1.807) is 24.4 Å². The van der Waals surface area contributed by atoms with E-state index in [4.69, 9.17) is 0 Å². The summed E-state index contributed by atoms with van der Waals surface area (Å²) in [5.74, 6) is -0.130. The normalized spacial score (nSPS) is 12.6. The third kappa shape index (κ3) is 8.01. The molecule has 0 saturated heterocycles. The molecule has 0 spiro atoms. The van der Waals surface area contributed by atoms with Gasteiger partial charge in [0.15, 0.2) is 0 Å². The summed E-state index contributed by atoms with van der Waals surface area (Å²) in [6.07, 6.45) is 1.77. The van der Waals surface area contributed by atoms with Crippen molar-refractivity contribution in [2.24, 2.45) is 5.92 Å². The smallest absolute Gasteiger partial charge is 0.391 e. The Bertz CT molecular complexity index is 1520. The number of aryl methyl sites for hydroxylation is 1. The Labute approximate surface area is 246 Å². The summed E-state index contributed by atoms with van der Waals surface area (Å²) < 4.78 is 42.1. The van der Waals surface area contributed by atoms with Crippen molar-refractivity contribution in [3.05, 3.63) is 150 Å². The lowest BCUT2D eigenvalue weighted by atomic mass is 9.76. The second-order valence-electron chi connectivity index (χ2n) is 10.5. The van der Waals surface area contributed by atoms with Crippen molar-refractivity contribution in [1.82, 2.24) is 5.32 Å². The van der Waals surface area contributed by atoms with Crippen LogP contribution in [0.5, 0.6) is 0 Å². The number of nitriles is 1. The molecule has 4 aromatic carbocycles. The summed E-state index contributed by atoms with van der Waals surface area (Å²) in [6.45, 7) is 8.24. The number of hydrogen-bond donors (Lipinski definition) is 1. The van der Waals surface area contributed by atoms with Crippen molar-refractivity contribution < 1.29 is 13.2 Å². The Morgan fingerprint density at radius 1 is 0.810 bits per heavy atom. The molecule has 0 aliphatic heterocycles. The largest absolute Gasteiger partial charge is 0.417 e. The minimum absolute atomic E-state index is 0.0715. The Balaban J connectivity index is 1.75. The van der Waals surface area contributed by atoms with Crippen LogP contribution >= 0.6 is 0 Å². The van der Waals surface area contributed by atoms with E-state index < -0.39 is 11.7 Å². The number of nitrogens with one attached hydrogen (secondary N) is 1. The van der Waals surface area contributed by atoms with Crippen LogP contribution in [0.15, 0.2) is 116 Å². The van der Waals surface area contributed by atoms with Gasteiger partial charge in [-0.3, -0.25) is 0 Å². The van der Waals surface area contributed by atoms with Gasteiger partial charge in [-0.25, -0.2) is 0 Å². The predicted molar refractivity (Wildman–Crippen MR) is 166 cm³/mol. The standard InChI is InChI=1S/C37H35F3N2/c1-3-27-13-16-30(17-14-27)32-12-8-11-29(23-32)24-35(33-19-20-34(26-41)36(25-33)37(38,39)40)31(21-22-42-4-2)18-15-28-9-6-5-7-10-28/h3-14,16-17,19-20,23,25,31,35,42H,1-2,15,18,21-22,24H2. The van der Waals surface area contributed by atoms with Crippen molar-refractivity contribution in [3.8, 4) is 17.2 Å². The predicted octanol–water partition coefficient (Wildman–Crippen LogP) is 9.59. The molecule has 0 saturated carbocycles. The van der Waals surface area contributed by atoms with Crippen LogP contribution in [0.1, 0.15) is 52.1 Å². The quantitative estimate of drug-likeness (QED) is 0.164. The average molecular weight is 565 g/mol. The Kier molecular flexibility index (Phi) is 10.4. The minimum atomic E-state index is -4.62. The fraction of sp³-hybridized carbons (Fsp3) is 0.216. The van der Waals surface area contributed by atoms with Gasteiger partial charge in [0.2, 0.25) is 0 Å². The van der Waals surface area contributed by atoms with Gasteiger partial charge in [0.1, 0.15) is 0 Å². The van der Waals surface area contributed by atoms with Gasteiger partial charge in [0, 0.05) is 6.54 Å². The molecule has 0 amide bonds. The van der Waals surface area contributed by atoms with Gasteiger partial charge >= 0.3 is 6.18 Å².